The van der Waals surface area contributed by atoms with Crippen molar-refractivity contribution in [2.75, 3.05) is 12.5 Å². The van der Waals surface area contributed by atoms with E-state index in [2.05, 4.69) is 0 Å². The van der Waals surface area contributed by atoms with Crippen LogP contribution < -0.4 is 0 Å². The molecule has 6 nitrogen and oxygen atoms in total. The molecule has 0 N–H and O–H groups in total. The lowest BCUT2D eigenvalue weighted by Crippen LogP contribution is -2.61. The highest BCUT2D eigenvalue weighted by Gasteiger charge is 2.90. The van der Waals surface area contributed by atoms with E-state index < -0.39 is 20.2 Å². The molecule has 8 heteroatoms. The zero-order valence-electron chi connectivity index (χ0n) is 11.0. The van der Waals surface area contributed by atoms with Crippen LogP contribution in [0.3, 0.4) is 0 Å². The highest BCUT2D eigenvalue weighted by atomic mass is 32.2. The molecule has 0 spiro atoms. The van der Waals surface area contributed by atoms with Crippen molar-refractivity contribution in [2.45, 2.75) is 12.2 Å². The van der Waals surface area contributed by atoms with Crippen molar-refractivity contribution in [1.82, 2.24) is 0 Å². The van der Waals surface area contributed by atoms with Crippen LogP contribution in [0.5, 0.6) is 0 Å². The van der Waals surface area contributed by atoms with Crippen LogP contribution in [0.4, 0.5) is 0 Å². The average molecular weight is 320 g/mol. The quantitative estimate of drug-likeness (QED) is 0.660. The molecule has 10 atom stereocenters. The van der Waals surface area contributed by atoms with Gasteiger partial charge in [0.15, 0.2) is 0 Å². The lowest BCUT2D eigenvalue weighted by Gasteiger charge is -2.63. The fourth-order valence-electron chi connectivity index (χ4n) is 6.74. The Morgan fingerprint density at radius 1 is 0.550 bits per heavy atom. The van der Waals surface area contributed by atoms with E-state index in [0.717, 1.165) is 12.5 Å². The van der Waals surface area contributed by atoms with Gasteiger partial charge in [0.05, 0.1) is 24.7 Å². The van der Waals surface area contributed by atoms with Crippen LogP contribution >= 0.6 is 0 Å². The van der Waals surface area contributed by atoms with Gasteiger partial charge in [-0.2, -0.15) is 16.8 Å². The van der Waals surface area contributed by atoms with Gasteiger partial charge < -0.3 is 0 Å². The predicted molar refractivity (Wildman–Crippen MR) is 67.4 cm³/mol. The maximum atomic E-state index is 11.4. The minimum Gasteiger partial charge on any atom is -0.266 e. The molecule has 6 fully saturated rings. The largest absolute Gasteiger partial charge is 0.266 e. The van der Waals surface area contributed by atoms with Crippen molar-refractivity contribution in [1.29, 1.82) is 0 Å². The van der Waals surface area contributed by atoms with E-state index in [-0.39, 0.29) is 24.0 Å². The summed E-state index contributed by atoms with van der Waals surface area (Å²) in [6.07, 6.45) is 1.72. The molecular weight excluding hydrogens is 304 g/mol. The van der Waals surface area contributed by atoms with Gasteiger partial charge in [-0.3, -0.25) is 8.37 Å². The summed E-state index contributed by atoms with van der Waals surface area (Å²) in [7, 11) is -6.92. The molecular formula is C12H16O6S2. The summed E-state index contributed by atoms with van der Waals surface area (Å²) in [6.45, 7) is 0. The second-order valence-corrected chi connectivity index (χ2v) is 10.4. The van der Waals surface area contributed by atoms with Crippen molar-refractivity contribution in [2.24, 2.45) is 47.3 Å². The van der Waals surface area contributed by atoms with Crippen molar-refractivity contribution < 1.29 is 25.2 Å². The fourth-order valence-corrected chi connectivity index (χ4v) is 8.06. The molecule has 0 amide bonds. The van der Waals surface area contributed by atoms with E-state index in [4.69, 9.17) is 8.37 Å². The molecule has 0 heterocycles. The first-order valence-corrected chi connectivity index (χ1v) is 10.6. The first kappa shape index (κ1) is 12.4. The third-order valence-corrected chi connectivity index (χ3v) is 7.68. The lowest BCUT2D eigenvalue weighted by molar-refractivity contribution is -0.174. The second-order valence-electron chi connectivity index (χ2n) is 7.15. The summed E-state index contributed by atoms with van der Waals surface area (Å²) in [6, 6.07) is 0. The van der Waals surface area contributed by atoms with Crippen molar-refractivity contribution in [3.8, 4) is 0 Å². The SMILES string of the molecule is CS(=O)(=O)O[C@H]1[C@@H]2[C@@H]3[C@@H]4[C@H](OS(C)(=O)=O)[C@H]5[C@@H]([C@@H]14)[C@H]2[C@@H]53. The van der Waals surface area contributed by atoms with E-state index in [0.29, 0.717) is 35.5 Å². The first-order chi connectivity index (χ1) is 9.19. The van der Waals surface area contributed by atoms with Gasteiger partial charge in [0.2, 0.25) is 0 Å². The summed E-state index contributed by atoms with van der Waals surface area (Å²) < 4.78 is 56.4. The molecule has 4 bridgehead atoms. The van der Waals surface area contributed by atoms with Crippen LogP contribution in [0.1, 0.15) is 0 Å². The molecule has 0 unspecified atom stereocenters. The summed E-state index contributed by atoms with van der Waals surface area (Å²) in [5.74, 6) is 2.99. The van der Waals surface area contributed by atoms with Gasteiger partial charge >= 0.3 is 0 Å². The first-order valence-electron chi connectivity index (χ1n) is 6.95. The van der Waals surface area contributed by atoms with Gasteiger partial charge in [0.1, 0.15) is 0 Å². The third-order valence-electron chi connectivity index (χ3n) is 6.53. The molecule has 6 aliphatic rings. The standard InChI is InChI=1S/C12H16O6S2/c1-19(13,14)17-11-7-3-4-5(7)10-9(11)6(3)8(4)12(10)18-20(2,15)16/h3-12H,1-2H3/t3-,4-,5-,6+,7+,8-,9-,10+,11+,12-/m1/s1. The highest BCUT2D eigenvalue weighted by Crippen LogP contribution is 2.89. The Morgan fingerprint density at radius 2 is 0.800 bits per heavy atom. The number of hydrogen-bond donors (Lipinski definition) is 0. The summed E-state index contributed by atoms with van der Waals surface area (Å²) >= 11 is 0. The molecule has 6 saturated carbocycles. The Morgan fingerprint density at radius 3 is 1.10 bits per heavy atom. The molecule has 112 valence electrons. The van der Waals surface area contributed by atoms with Crippen LogP contribution in [0.2, 0.25) is 0 Å². The summed E-state index contributed by atoms with van der Waals surface area (Å²) in [5.41, 5.74) is 0. The number of rotatable bonds is 4. The van der Waals surface area contributed by atoms with Crippen molar-refractivity contribution >= 4 is 20.2 Å². The Bertz CT molecular complexity index is 650. The van der Waals surface area contributed by atoms with E-state index in [9.17, 15) is 16.8 Å². The molecule has 6 aliphatic carbocycles. The van der Waals surface area contributed by atoms with Crippen LogP contribution in [0.15, 0.2) is 0 Å². The van der Waals surface area contributed by atoms with Gasteiger partial charge in [0.25, 0.3) is 20.2 Å². The summed E-state index contributed by atoms with van der Waals surface area (Å²) in [4.78, 5) is 0. The molecule has 0 aromatic heterocycles. The number of hydrogen-bond acceptors (Lipinski definition) is 6. The molecule has 20 heavy (non-hydrogen) atoms. The monoisotopic (exact) mass is 320 g/mol. The van der Waals surface area contributed by atoms with Crippen LogP contribution in [0, 0.1) is 47.3 Å². The molecule has 6 rings (SSSR count). The van der Waals surface area contributed by atoms with Crippen LogP contribution in [0.25, 0.3) is 0 Å². The summed E-state index contributed by atoms with van der Waals surface area (Å²) in [5, 5.41) is 0. The highest BCUT2D eigenvalue weighted by molar-refractivity contribution is 7.86. The maximum absolute atomic E-state index is 11.4. The van der Waals surface area contributed by atoms with E-state index in [1.807, 2.05) is 0 Å². The third kappa shape index (κ3) is 1.16. The van der Waals surface area contributed by atoms with Crippen molar-refractivity contribution in [3.05, 3.63) is 0 Å². The Hall–Kier alpha value is -0.180. The van der Waals surface area contributed by atoms with Gasteiger partial charge in [-0.15, -0.1) is 0 Å². The van der Waals surface area contributed by atoms with Crippen LogP contribution in [-0.2, 0) is 28.6 Å². The van der Waals surface area contributed by atoms with Gasteiger partial charge in [-0.25, -0.2) is 0 Å². The smallest absolute Gasteiger partial charge is 0.264 e. The van der Waals surface area contributed by atoms with Gasteiger partial charge in [-0.1, -0.05) is 0 Å². The minimum atomic E-state index is -3.46. The Labute approximate surface area is 118 Å². The van der Waals surface area contributed by atoms with E-state index in [1.165, 1.54) is 0 Å². The van der Waals surface area contributed by atoms with E-state index >= 15 is 0 Å². The fraction of sp³-hybridized carbons (Fsp3) is 1.00. The normalized spacial score (nSPS) is 60.7. The minimum absolute atomic E-state index is 0.187. The lowest BCUT2D eigenvalue weighted by atomic mass is 9.41. The average Bonchev–Trinajstić information content (AvgIpc) is 2.66. The van der Waals surface area contributed by atoms with Crippen molar-refractivity contribution in [3.63, 3.8) is 0 Å². The predicted octanol–water partition coefficient (Wildman–Crippen LogP) is -0.326. The molecule has 0 aliphatic heterocycles. The molecule has 0 aromatic rings. The molecule has 0 radical (unpaired) electrons. The molecule has 0 saturated heterocycles. The van der Waals surface area contributed by atoms with Gasteiger partial charge in [0, 0.05) is 0 Å². The topological polar surface area (TPSA) is 86.7 Å². The Balaban J connectivity index is 1.50. The van der Waals surface area contributed by atoms with Gasteiger partial charge in [-0.05, 0) is 47.3 Å². The second kappa shape index (κ2) is 3.11. The zero-order chi connectivity index (χ0) is 14.2. The zero-order valence-corrected chi connectivity index (χ0v) is 12.7. The molecule has 0 aromatic carbocycles. The Kier molecular flexibility index (Phi) is 1.93. The maximum Gasteiger partial charge on any atom is 0.264 e. The van der Waals surface area contributed by atoms with Crippen LogP contribution in [-0.4, -0.2) is 41.6 Å². The van der Waals surface area contributed by atoms with E-state index in [1.54, 1.807) is 0 Å².